The topological polar surface area (TPSA) is 26.2 Å². The van der Waals surface area contributed by atoms with Gasteiger partial charge >= 0.3 is 0 Å². The second kappa shape index (κ2) is 8.81. The molecule has 2 aromatic rings. The van der Waals surface area contributed by atoms with Crippen molar-refractivity contribution < 1.29 is 4.74 Å². The highest BCUT2D eigenvalue weighted by atomic mass is 16.5. The van der Waals surface area contributed by atoms with Gasteiger partial charge in [-0.2, -0.15) is 0 Å². The number of nitrogens with zero attached hydrogens (tertiary/aromatic N) is 1. The molecule has 1 fully saturated rings. The Morgan fingerprint density at radius 3 is 2.39 bits per heavy atom. The Bertz CT molecular complexity index is 1050. The fraction of sp³-hybridized carbons (Fsp3) is 0.429. The van der Waals surface area contributed by atoms with Gasteiger partial charge in [0.2, 0.25) is 0 Å². The molecule has 0 bridgehead atoms. The lowest BCUT2D eigenvalue weighted by Gasteiger charge is -2.17. The highest BCUT2D eigenvalue weighted by Gasteiger charge is 2.43. The average Bonchev–Trinajstić information content (AvgIpc) is 3.38. The molecule has 1 heterocycles. The van der Waals surface area contributed by atoms with Gasteiger partial charge in [-0.25, -0.2) is 0 Å². The summed E-state index contributed by atoms with van der Waals surface area (Å²) in [7, 11) is 3.70. The van der Waals surface area contributed by atoms with Crippen LogP contribution < -0.4 is 5.32 Å². The van der Waals surface area contributed by atoms with Gasteiger partial charge in [-0.05, 0) is 70.6 Å². The predicted molar refractivity (Wildman–Crippen MR) is 132 cm³/mol. The maximum atomic E-state index is 5.30. The number of hydrogen-bond donors (Lipinski definition) is 1. The van der Waals surface area contributed by atoms with Gasteiger partial charge in [-0.3, -0.25) is 0 Å². The smallest absolute Gasteiger partial charge is 0.101 e. The SMILES string of the molecule is C=C/C=C(/NC)c1c(-c2ccc(COC)cc2)c(C#CC(C)(C)C)n(C2(C)CC2)c1C. The zero-order valence-electron chi connectivity index (χ0n) is 20.1. The highest BCUT2D eigenvalue weighted by Crippen LogP contribution is 2.49. The van der Waals surface area contributed by atoms with Crippen molar-refractivity contribution in [3.8, 4) is 23.0 Å². The lowest BCUT2D eigenvalue weighted by molar-refractivity contribution is 0.185. The number of rotatable bonds is 7. The standard InChI is InChI=1S/C28H36N2O/c1-9-10-23(29-7)25-20(2)30(28(6)17-18-28)24(15-16-27(3,4)5)26(25)22-13-11-21(12-14-22)19-31-8/h9-14,29H,1,17-19H2,2-8H3/b23-10+. The van der Waals surface area contributed by atoms with Gasteiger partial charge in [-0.1, -0.05) is 42.8 Å². The molecule has 31 heavy (non-hydrogen) atoms. The molecule has 0 spiro atoms. The van der Waals surface area contributed by atoms with Crippen molar-refractivity contribution in [2.75, 3.05) is 14.2 Å². The van der Waals surface area contributed by atoms with E-state index in [1.807, 2.05) is 19.2 Å². The van der Waals surface area contributed by atoms with Gasteiger partial charge in [0.1, 0.15) is 5.69 Å². The van der Waals surface area contributed by atoms with Gasteiger partial charge in [0.15, 0.2) is 0 Å². The summed E-state index contributed by atoms with van der Waals surface area (Å²) in [4.78, 5) is 0. The zero-order chi connectivity index (χ0) is 22.8. The number of methoxy groups -OCH3 is 1. The molecular formula is C28H36N2O. The Labute approximate surface area is 188 Å². The minimum absolute atomic E-state index is 0.0734. The maximum Gasteiger partial charge on any atom is 0.101 e. The Morgan fingerprint density at radius 1 is 1.26 bits per heavy atom. The van der Waals surface area contributed by atoms with Gasteiger partial charge in [0, 0.05) is 47.6 Å². The number of allylic oxidation sites excluding steroid dienone is 2. The molecule has 0 amide bonds. The van der Waals surface area contributed by atoms with Crippen LogP contribution in [0.2, 0.25) is 0 Å². The molecule has 1 aromatic carbocycles. The van der Waals surface area contributed by atoms with Crippen molar-refractivity contribution in [3.05, 3.63) is 65.5 Å². The fourth-order valence-electron chi connectivity index (χ4n) is 4.09. The first-order valence-corrected chi connectivity index (χ1v) is 11.0. The molecule has 1 aliphatic rings. The van der Waals surface area contributed by atoms with Gasteiger partial charge in [0.25, 0.3) is 0 Å². The van der Waals surface area contributed by atoms with Crippen molar-refractivity contribution in [2.24, 2.45) is 5.41 Å². The van der Waals surface area contributed by atoms with Crippen LogP contribution in [0.4, 0.5) is 0 Å². The van der Waals surface area contributed by atoms with E-state index in [1.165, 1.54) is 35.2 Å². The summed E-state index contributed by atoms with van der Waals surface area (Å²) in [5.41, 5.74) is 8.19. The summed E-state index contributed by atoms with van der Waals surface area (Å²) >= 11 is 0. The van der Waals surface area contributed by atoms with Crippen LogP contribution in [0.5, 0.6) is 0 Å². The normalized spacial score (nSPS) is 15.3. The molecule has 0 atom stereocenters. The molecule has 3 nitrogen and oxygen atoms in total. The van der Waals surface area contributed by atoms with E-state index in [1.54, 1.807) is 7.11 Å². The van der Waals surface area contributed by atoms with Crippen molar-refractivity contribution in [2.45, 2.75) is 59.6 Å². The third-order valence-corrected chi connectivity index (χ3v) is 5.85. The minimum atomic E-state index is -0.0734. The van der Waals surface area contributed by atoms with Crippen molar-refractivity contribution in [1.29, 1.82) is 0 Å². The van der Waals surface area contributed by atoms with E-state index in [0.29, 0.717) is 6.61 Å². The lowest BCUT2D eigenvalue weighted by Crippen LogP contribution is -2.16. The number of aromatic nitrogens is 1. The van der Waals surface area contributed by atoms with Crippen LogP contribution in [0.25, 0.3) is 16.8 Å². The summed E-state index contributed by atoms with van der Waals surface area (Å²) in [6.45, 7) is 15.6. The quantitative estimate of drug-likeness (QED) is 0.426. The Kier molecular flexibility index (Phi) is 6.53. The zero-order valence-corrected chi connectivity index (χ0v) is 20.1. The maximum absolute atomic E-state index is 5.30. The first-order valence-electron chi connectivity index (χ1n) is 11.0. The molecule has 1 aliphatic carbocycles. The van der Waals surface area contributed by atoms with Gasteiger partial charge < -0.3 is 14.6 Å². The lowest BCUT2D eigenvalue weighted by atomic mass is 9.95. The van der Waals surface area contributed by atoms with Gasteiger partial charge in [-0.15, -0.1) is 0 Å². The molecule has 1 aromatic heterocycles. The largest absolute Gasteiger partial charge is 0.388 e. The molecule has 164 valence electrons. The Morgan fingerprint density at radius 2 is 1.90 bits per heavy atom. The van der Waals surface area contributed by atoms with Crippen molar-refractivity contribution in [1.82, 2.24) is 9.88 Å². The highest BCUT2D eigenvalue weighted by molar-refractivity contribution is 5.87. The fourth-order valence-corrected chi connectivity index (χ4v) is 4.09. The van der Waals surface area contributed by atoms with Crippen molar-refractivity contribution in [3.63, 3.8) is 0 Å². The third kappa shape index (κ3) is 4.81. The van der Waals surface area contributed by atoms with Crippen molar-refractivity contribution >= 4 is 5.70 Å². The monoisotopic (exact) mass is 416 g/mol. The van der Waals surface area contributed by atoms with E-state index in [0.717, 1.165) is 17.0 Å². The first-order chi connectivity index (χ1) is 14.6. The van der Waals surface area contributed by atoms with Crippen LogP contribution in [-0.2, 0) is 16.9 Å². The van der Waals surface area contributed by atoms with Crippen LogP contribution in [0.1, 0.15) is 63.1 Å². The van der Waals surface area contributed by atoms with E-state index in [2.05, 4.69) is 87.2 Å². The van der Waals surface area contributed by atoms with Crippen LogP contribution in [0.3, 0.4) is 0 Å². The van der Waals surface area contributed by atoms with E-state index in [9.17, 15) is 0 Å². The molecule has 3 rings (SSSR count). The van der Waals surface area contributed by atoms with E-state index < -0.39 is 0 Å². The molecule has 0 aliphatic heterocycles. The summed E-state index contributed by atoms with van der Waals surface area (Å²) in [6.07, 6.45) is 6.25. The van der Waals surface area contributed by atoms with Crippen LogP contribution in [-0.4, -0.2) is 18.7 Å². The van der Waals surface area contributed by atoms with Gasteiger partial charge in [0.05, 0.1) is 6.61 Å². The number of nitrogens with one attached hydrogen (secondary N) is 1. The summed E-state index contributed by atoms with van der Waals surface area (Å²) in [5, 5.41) is 3.40. The number of hydrogen-bond acceptors (Lipinski definition) is 2. The third-order valence-electron chi connectivity index (χ3n) is 5.85. The second-order valence-electron chi connectivity index (χ2n) is 9.71. The Hall–Kier alpha value is -2.70. The predicted octanol–water partition coefficient (Wildman–Crippen LogP) is 6.26. The molecule has 0 unspecified atom stereocenters. The molecular weight excluding hydrogens is 380 g/mol. The van der Waals surface area contributed by atoms with E-state index in [4.69, 9.17) is 4.74 Å². The summed E-state index contributed by atoms with van der Waals surface area (Å²) < 4.78 is 7.78. The van der Waals surface area contributed by atoms with E-state index in [-0.39, 0.29) is 11.0 Å². The molecule has 0 saturated heterocycles. The van der Waals surface area contributed by atoms with Crippen LogP contribution in [0, 0.1) is 24.2 Å². The van der Waals surface area contributed by atoms with E-state index >= 15 is 0 Å². The molecule has 1 saturated carbocycles. The minimum Gasteiger partial charge on any atom is -0.388 e. The molecule has 0 radical (unpaired) electrons. The second-order valence-corrected chi connectivity index (χ2v) is 9.71. The van der Waals surface area contributed by atoms with Crippen LogP contribution >= 0.6 is 0 Å². The first kappa shape index (κ1) is 23.0. The Balaban J connectivity index is 2.37. The summed E-state index contributed by atoms with van der Waals surface area (Å²) in [5.74, 6) is 7.10. The number of ether oxygens (including phenoxy) is 1. The molecule has 1 N–H and O–H groups in total. The van der Waals surface area contributed by atoms with Crippen LogP contribution in [0.15, 0.2) is 43.0 Å². The summed E-state index contributed by atoms with van der Waals surface area (Å²) in [6, 6.07) is 8.67. The molecule has 3 heteroatoms. The number of benzene rings is 1. The average molecular weight is 417 g/mol.